The number of carbonyl (C=O) groups is 1. The maximum Gasteiger partial charge on any atom is 0.219 e. The molecule has 1 aromatic carbocycles. The van der Waals surface area contributed by atoms with E-state index in [2.05, 4.69) is 27.3 Å². The Morgan fingerprint density at radius 1 is 1.35 bits per heavy atom. The van der Waals surface area contributed by atoms with Gasteiger partial charge in [-0.1, -0.05) is 12.1 Å². The van der Waals surface area contributed by atoms with Crippen molar-refractivity contribution in [2.45, 2.75) is 25.8 Å². The number of rotatable bonds is 2. The zero-order valence-corrected chi connectivity index (χ0v) is 11.5. The van der Waals surface area contributed by atoms with Crippen LogP contribution in [0.25, 0.3) is 0 Å². The summed E-state index contributed by atoms with van der Waals surface area (Å²) in [6.07, 6.45) is 2.03. The molecule has 1 aliphatic rings. The predicted octanol–water partition coefficient (Wildman–Crippen LogP) is 2.87. The fraction of sp³-hybridized carbons (Fsp3) is 0.462. The Labute approximate surface area is 110 Å². The standard InChI is InChI=1S/C13H17BrN2O/c1-10(17)16-8-6-11(7-9-16)15-13-5-3-2-4-12(13)14/h2-5,11,15H,6-9H2,1H3. The first-order chi connectivity index (χ1) is 8.16. The minimum atomic E-state index is 0.185. The number of nitrogens with zero attached hydrogens (tertiary/aromatic N) is 1. The number of likely N-dealkylation sites (tertiary alicyclic amines) is 1. The maximum atomic E-state index is 11.2. The normalized spacial score (nSPS) is 16.9. The van der Waals surface area contributed by atoms with Crippen molar-refractivity contribution in [2.75, 3.05) is 18.4 Å². The Balaban J connectivity index is 1.90. The minimum Gasteiger partial charge on any atom is -0.381 e. The molecule has 1 aromatic rings. The van der Waals surface area contributed by atoms with Crippen LogP contribution in [0.4, 0.5) is 5.69 Å². The first kappa shape index (κ1) is 12.4. The summed E-state index contributed by atoms with van der Waals surface area (Å²) in [7, 11) is 0. The average Bonchev–Trinajstić information content (AvgIpc) is 2.33. The number of halogens is 1. The van der Waals surface area contributed by atoms with E-state index in [1.165, 1.54) is 0 Å². The van der Waals surface area contributed by atoms with E-state index in [9.17, 15) is 4.79 Å². The molecular formula is C13H17BrN2O. The highest BCUT2D eigenvalue weighted by Crippen LogP contribution is 2.24. The summed E-state index contributed by atoms with van der Waals surface area (Å²) in [5, 5.41) is 3.52. The van der Waals surface area contributed by atoms with Crippen molar-refractivity contribution in [3.8, 4) is 0 Å². The van der Waals surface area contributed by atoms with Crippen LogP contribution in [0.3, 0.4) is 0 Å². The Hall–Kier alpha value is -1.03. The zero-order chi connectivity index (χ0) is 12.3. The van der Waals surface area contributed by atoms with Gasteiger partial charge in [0.05, 0.1) is 0 Å². The van der Waals surface area contributed by atoms with E-state index in [4.69, 9.17) is 0 Å². The highest BCUT2D eigenvalue weighted by Gasteiger charge is 2.20. The lowest BCUT2D eigenvalue weighted by atomic mass is 10.0. The number of benzene rings is 1. The zero-order valence-electron chi connectivity index (χ0n) is 9.95. The molecule has 1 heterocycles. The van der Waals surface area contributed by atoms with Crippen LogP contribution in [0.1, 0.15) is 19.8 Å². The van der Waals surface area contributed by atoms with E-state index in [-0.39, 0.29) is 5.91 Å². The molecule has 1 aliphatic heterocycles. The molecule has 0 radical (unpaired) electrons. The maximum absolute atomic E-state index is 11.2. The third-order valence-corrected chi connectivity index (χ3v) is 3.87. The van der Waals surface area contributed by atoms with Gasteiger partial charge in [-0.3, -0.25) is 4.79 Å². The first-order valence-electron chi connectivity index (χ1n) is 5.93. The highest BCUT2D eigenvalue weighted by atomic mass is 79.9. The summed E-state index contributed by atoms with van der Waals surface area (Å²) >= 11 is 3.53. The highest BCUT2D eigenvalue weighted by molar-refractivity contribution is 9.10. The first-order valence-corrected chi connectivity index (χ1v) is 6.72. The molecule has 0 atom stereocenters. The quantitative estimate of drug-likeness (QED) is 0.910. The van der Waals surface area contributed by atoms with Gasteiger partial charge in [-0.25, -0.2) is 0 Å². The van der Waals surface area contributed by atoms with E-state index in [1.54, 1.807) is 6.92 Å². The molecule has 2 rings (SSSR count). The monoisotopic (exact) mass is 296 g/mol. The topological polar surface area (TPSA) is 32.3 Å². The number of carbonyl (C=O) groups excluding carboxylic acids is 1. The number of hydrogen-bond acceptors (Lipinski definition) is 2. The second-order valence-electron chi connectivity index (χ2n) is 4.40. The van der Waals surface area contributed by atoms with Gasteiger partial charge in [-0.05, 0) is 40.9 Å². The van der Waals surface area contributed by atoms with Crippen LogP contribution in [0, 0.1) is 0 Å². The third kappa shape index (κ3) is 3.22. The van der Waals surface area contributed by atoms with Crippen molar-refractivity contribution in [3.63, 3.8) is 0 Å². The van der Waals surface area contributed by atoms with Crippen LogP contribution < -0.4 is 5.32 Å². The smallest absolute Gasteiger partial charge is 0.219 e. The number of piperidine rings is 1. The number of para-hydroxylation sites is 1. The van der Waals surface area contributed by atoms with E-state index in [1.807, 2.05) is 23.1 Å². The Bertz CT molecular complexity index is 400. The summed E-state index contributed by atoms with van der Waals surface area (Å²) in [6, 6.07) is 8.60. The number of anilines is 1. The molecule has 0 saturated carbocycles. The van der Waals surface area contributed by atoms with E-state index in [0.717, 1.165) is 36.1 Å². The van der Waals surface area contributed by atoms with Gasteiger partial charge in [-0.15, -0.1) is 0 Å². The summed E-state index contributed by atoms with van der Waals surface area (Å²) in [5.41, 5.74) is 1.13. The van der Waals surface area contributed by atoms with Crippen molar-refractivity contribution >= 4 is 27.5 Å². The van der Waals surface area contributed by atoms with Crippen molar-refractivity contribution in [3.05, 3.63) is 28.7 Å². The molecule has 0 bridgehead atoms. The average molecular weight is 297 g/mol. The molecule has 1 amide bonds. The lowest BCUT2D eigenvalue weighted by Crippen LogP contribution is -2.41. The van der Waals surface area contributed by atoms with Crippen LogP contribution in [0.15, 0.2) is 28.7 Å². The molecule has 0 aromatic heterocycles. The summed E-state index contributed by atoms with van der Waals surface area (Å²) in [5.74, 6) is 0.185. The third-order valence-electron chi connectivity index (χ3n) is 3.17. The van der Waals surface area contributed by atoms with Crippen molar-refractivity contribution in [2.24, 2.45) is 0 Å². The molecule has 1 fully saturated rings. The van der Waals surface area contributed by atoms with Crippen LogP contribution >= 0.6 is 15.9 Å². The van der Waals surface area contributed by atoms with Gasteiger partial charge in [0.25, 0.3) is 0 Å². The van der Waals surface area contributed by atoms with Gasteiger partial charge in [0.1, 0.15) is 0 Å². The van der Waals surface area contributed by atoms with E-state index >= 15 is 0 Å². The Morgan fingerprint density at radius 3 is 2.59 bits per heavy atom. The predicted molar refractivity (Wildman–Crippen MR) is 73.0 cm³/mol. The lowest BCUT2D eigenvalue weighted by molar-refractivity contribution is -0.129. The van der Waals surface area contributed by atoms with Gasteiger partial charge in [-0.2, -0.15) is 0 Å². The number of hydrogen-bond donors (Lipinski definition) is 1. The molecule has 17 heavy (non-hydrogen) atoms. The van der Waals surface area contributed by atoms with Crippen LogP contribution in [-0.2, 0) is 4.79 Å². The van der Waals surface area contributed by atoms with Gasteiger partial charge in [0, 0.05) is 36.2 Å². The molecule has 3 nitrogen and oxygen atoms in total. The van der Waals surface area contributed by atoms with Crippen LogP contribution in [0.2, 0.25) is 0 Å². The summed E-state index contributed by atoms with van der Waals surface area (Å²) in [6.45, 7) is 3.36. The fourth-order valence-electron chi connectivity index (χ4n) is 2.14. The van der Waals surface area contributed by atoms with Crippen molar-refractivity contribution in [1.29, 1.82) is 0 Å². The Morgan fingerprint density at radius 2 is 2.00 bits per heavy atom. The summed E-state index contributed by atoms with van der Waals surface area (Å²) < 4.78 is 1.09. The van der Waals surface area contributed by atoms with Gasteiger partial charge in [0.2, 0.25) is 5.91 Å². The molecule has 0 unspecified atom stereocenters. The van der Waals surface area contributed by atoms with Crippen molar-refractivity contribution in [1.82, 2.24) is 4.90 Å². The van der Waals surface area contributed by atoms with Crippen LogP contribution in [0.5, 0.6) is 0 Å². The lowest BCUT2D eigenvalue weighted by Gasteiger charge is -2.32. The van der Waals surface area contributed by atoms with Gasteiger partial charge in [0.15, 0.2) is 0 Å². The molecule has 4 heteroatoms. The number of nitrogens with one attached hydrogen (secondary N) is 1. The minimum absolute atomic E-state index is 0.185. The molecule has 0 spiro atoms. The second-order valence-corrected chi connectivity index (χ2v) is 5.26. The Kier molecular flexibility index (Phi) is 4.05. The number of amides is 1. The summed E-state index contributed by atoms with van der Waals surface area (Å²) in [4.78, 5) is 13.1. The molecule has 1 saturated heterocycles. The largest absolute Gasteiger partial charge is 0.381 e. The SMILES string of the molecule is CC(=O)N1CCC(Nc2ccccc2Br)CC1. The van der Waals surface area contributed by atoms with E-state index in [0.29, 0.717) is 6.04 Å². The fourth-order valence-corrected chi connectivity index (χ4v) is 2.54. The van der Waals surface area contributed by atoms with Crippen molar-refractivity contribution < 1.29 is 4.79 Å². The van der Waals surface area contributed by atoms with Gasteiger partial charge < -0.3 is 10.2 Å². The molecule has 92 valence electrons. The molecular weight excluding hydrogens is 280 g/mol. The molecule has 0 aliphatic carbocycles. The van der Waals surface area contributed by atoms with E-state index < -0.39 is 0 Å². The van der Waals surface area contributed by atoms with Gasteiger partial charge >= 0.3 is 0 Å². The van der Waals surface area contributed by atoms with Crippen LogP contribution in [-0.4, -0.2) is 29.9 Å². The second kappa shape index (κ2) is 5.54. The molecule has 1 N–H and O–H groups in total.